The van der Waals surface area contributed by atoms with E-state index in [2.05, 4.69) is 9.97 Å². The lowest BCUT2D eigenvalue weighted by molar-refractivity contribution is 0.618. The largest absolute Gasteiger partial charge is 0.383 e. The fraction of sp³-hybridized carbons (Fsp3) is 0.0667. The van der Waals surface area contributed by atoms with Gasteiger partial charge in [-0.3, -0.25) is 0 Å². The van der Waals surface area contributed by atoms with Gasteiger partial charge in [0.15, 0.2) is 5.82 Å². The molecule has 2 N–H and O–H groups in total. The van der Waals surface area contributed by atoms with Crippen LogP contribution in [0.2, 0.25) is 0 Å². The molecule has 0 spiro atoms. The Morgan fingerprint density at radius 2 is 1.80 bits per heavy atom. The van der Waals surface area contributed by atoms with E-state index >= 15 is 0 Å². The summed E-state index contributed by atoms with van der Waals surface area (Å²) in [5.74, 6) is -0.0843. The number of benzene rings is 2. The molecule has 0 amide bonds. The molecule has 100 valence electrons. The van der Waals surface area contributed by atoms with Crippen molar-refractivity contribution in [2.24, 2.45) is 0 Å². The molecule has 0 radical (unpaired) electrons. The van der Waals surface area contributed by atoms with Gasteiger partial charge in [-0.05, 0) is 48.9 Å². The van der Waals surface area contributed by atoms with Crippen LogP contribution in [-0.4, -0.2) is 9.97 Å². The highest BCUT2D eigenvalue weighted by molar-refractivity contribution is 5.89. The topological polar surface area (TPSA) is 51.8 Å². The Morgan fingerprint density at radius 1 is 1.00 bits per heavy atom. The van der Waals surface area contributed by atoms with Gasteiger partial charge in [0.2, 0.25) is 0 Å². The first-order chi connectivity index (χ1) is 9.54. The average molecular weight is 271 g/mol. The van der Waals surface area contributed by atoms with Gasteiger partial charge in [-0.15, -0.1) is 0 Å². The van der Waals surface area contributed by atoms with Gasteiger partial charge in [0, 0.05) is 10.9 Å². The molecule has 0 aliphatic carbocycles. The fourth-order valence-corrected chi connectivity index (χ4v) is 2.04. The lowest BCUT2D eigenvalue weighted by atomic mass is 10.1. The number of rotatable bonds is 1. The van der Waals surface area contributed by atoms with Crippen molar-refractivity contribution < 1.29 is 8.78 Å². The molecule has 3 nitrogen and oxygen atoms in total. The van der Waals surface area contributed by atoms with Crippen LogP contribution in [0.25, 0.3) is 22.3 Å². The summed E-state index contributed by atoms with van der Waals surface area (Å²) in [7, 11) is 0. The maximum absolute atomic E-state index is 13.3. The fourth-order valence-electron chi connectivity index (χ4n) is 2.04. The molecule has 0 fully saturated rings. The Balaban J connectivity index is 2.21. The highest BCUT2D eigenvalue weighted by Crippen LogP contribution is 2.24. The van der Waals surface area contributed by atoms with Crippen molar-refractivity contribution in [3.05, 3.63) is 53.6 Å². The number of hydrogen-bond donors (Lipinski definition) is 1. The summed E-state index contributed by atoms with van der Waals surface area (Å²) >= 11 is 0. The predicted molar refractivity (Wildman–Crippen MR) is 74.0 cm³/mol. The van der Waals surface area contributed by atoms with Crippen molar-refractivity contribution in [2.75, 3.05) is 5.73 Å². The van der Waals surface area contributed by atoms with Crippen LogP contribution < -0.4 is 5.73 Å². The van der Waals surface area contributed by atoms with Crippen LogP contribution in [0.15, 0.2) is 36.4 Å². The number of nitrogens with zero attached hydrogens (tertiary/aromatic N) is 2. The third-order valence-corrected chi connectivity index (χ3v) is 3.10. The number of halogens is 2. The zero-order chi connectivity index (χ0) is 14.3. The smallest absolute Gasteiger partial charge is 0.162 e. The van der Waals surface area contributed by atoms with E-state index in [4.69, 9.17) is 5.73 Å². The Bertz CT molecular complexity index is 816. The summed E-state index contributed by atoms with van der Waals surface area (Å²) in [6.07, 6.45) is 0. The first kappa shape index (κ1) is 12.5. The second-order valence-electron chi connectivity index (χ2n) is 4.56. The molecule has 2 aromatic carbocycles. The summed E-state index contributed by atoms with van der Waals surface area (Å²) in [4.78, 5) is 8.50. The third-order valence-electron chi connectivity index (χ3n) is 3.10. The second-order valence-corrected chi connectivity index (χ2v) is 4.56. The van der Waals surface area contributed by atoms with Gasteiger partial charge in [0.25, 0.3) is 0 Å². The number of aromatic nitrogens is 2. The maximum atomic E-state index is 13.3. The molecule has 0 saturated heterocycles. The predicted octanol–water partition coefficient (Wildman–Crippen LogP) is 3.47. The van der Waals surface area contributed by atoms with Crippen LogP contribution in [0, 0.1) is 18.6 Å². The van der Waals surface area contributed by atoms with Crippen molar-refractivity contribution in [1.82, 2.24) is 9.97 Å². The van der Waals surface area contributed by atoms with Gasteiger partial charge in [-0.25, -0.2) is 18.7 Å². The molecular weight excluding hydrogens is 260 g/mol. The van der Waals surface area contributed by atoms with Gasteiger partial charge in [0.1, 0.15) is 17.5 Å². The highest BCUT2D eigenvalue weighted by atomic mass is 19.1. The van der Waals surface area contributed by atoms with Crippen LogP contribution in [0.1, 0.15) is 5.56 Å². The quantitative estimate of drug-likeness (QED) is 0.737. The highest BCUT2D eigenvalue weighted by Gasteiger charge is 2.09. The van der Waals surface area contributed by atoms with Gasteiger partial charge >= 0.3 is 0 Å². The van der Waals surface area contributed by atoms with E-state index in [9.17, 15) is 8.78 Å². The van der Waals surface area contributed by atoms with E-state index in [1.807, 2.05) is 0 Å². The van der Waals surface area contributed by atoms with Crippen molar-refractivity contribution in [3.8, 4) is 11.4 Å². The SMILES string of the molecule is Cc1cc(-c2nc(N)c3cc(F)ccc3n2)ccc1F. The lowest BCUT2D eigenvalue weighted by Gasteiger charge is -2.06. The van der Waals surface area contributed by atoms with Gasteiger partial charge < -0.3 is 5.73 Å². The van der Waals surface area contributed by atoms with Gasteiger partial charge in [-0.1, -0.05) is 0 Å². The number of nitrogens with two attached hydrogens (primary N) is 1. The summed E-state index contributed by atoms with van der Waals surface area (Å²) in [6, 6.07) is 8.76. The molecule has 0 aliphatic rings. The Hall–Kier alpha value is -2.56. The average Bonchev–Trinajstić information content (AvgIpc) is 2.42. The molecule has 20 heavy (non-hydrogen) atoms. The Kier molecular flexibility index (Phi) is 2.82. The zero-order valence-electron chi connectivity index (χ0n) is 10.7. The minimum atomic E-state index is -0.391. The first-order valence-corrected chi connectivity index (χ1v) is 6.04. The molecule has 0 unspecified atom stereocenters. The normalized spacial score (nSPS) is 10.9. The molecule has 1 heterocycles. The van der Waals surface area contributed by atoms with E-state index in [0.717, 1.165) is 0 Å². The number of hydrogen-bond acceptors (Lipinski definition) is 3. The number of nitrogen functional groups attached to an aromatic ring is 1. The van der Waals surface area contributed by atoms with E-state index in [1.165, 1.54) is 18.2 Å². The van der Waals surface area contributed by atoms with Gasteiger partial charge in [-0.2, -0.15) is 0 Å². The standard InChI is InChI=1S/C15H11F2N3/c1-8-6-9(2-4-12(8)17)15-19-13-5-3-10(16)7-11(13)14(18)20-15/h2-7H,1H3,(H2,18,19,20). The number of aryl methyl sites for hydroxylation is 1. The maximum Gasteiger partial charge on any atom is 0.162 e. The first-order valence-electron chi connectivity index (χ1n) is 6.04. The molecular formula is C15H11F2N3. The van der Waals surface area contributed by atoms with Crippen molar-refractivity contribution in [1.29, 1.82) is 0 Å². The number of fused-ring (bicyclic) bond motifs is 1. The van der Waals surface area contributed by atoms with Crippen molar-refractivity contribution >= 4 is 16.7 Å². The van der Waals surface area contributed by atoms with Crippen LogP contribution in [-0.2, 0) is 0 Å². The van der Waals surface area contributed by atoms with Crippen molar-refractivity contribution in [2.45, 2.75) is 6.92 Å². The molecule has 3 aromatic rings. The van der Waals surface area contributed by atoms with Crippen LogP contribution in [0.4, 0.5) is 14.6 Å². The van der Waals surface area contributed by atoms with E-state index < -0.39 is 5.82 Å². The minimum absolute atomic E-state index is 0.200. The number of anilines is 1. The summed E-state index contributed by atoms with van der Waals surface area (Å²) < 4.78 is 26.5. The second kappa shape index (κ2) is 4.52. The molecule has 0 bridgehead atoms. The molecule has 3 rings (SSSR count). The van der Waals surface area contributed by atoms with Gasteiger partial charge in [0.05, 0.1) is 5.52 Å². The summed E-state index contributed by atoms with van der Waals surface area (Å²) in [5.41, 5.74) is 7.56. The molecule has 0 atom stereocenters. The third kappa shape index (κ3) is 2.07. The van der Waals surface area contributed by atoms with Crippen LogP contribution >= 0.6 is 0 Å². The Labute approximate surface area is 114 Å². The monoisotopic (exact) mass is 271 g/mol. The van der Waals surface area contributed by atoms with Crippen molar-refractivity contribution in [3.63, 3.8) is 0 Å². The van der Waals surface area contributed by atoms with Crippen LogP contribution in [0.3, 0.4) is 0 Å². The molecule has 1 aromatic heterocycles. The molecule has 0 saturated carbocycles. The summed E-state index contributed by atoms with van der Waals surface area (Å²) in [5, 5.41) is 0.465. The molecule has 0 aliphatic heterocycles. The van der Waals surface area contributed by atoms with E-state index in [0.29, 0.717) is 27.9 Å². The lowest BCUT2D eigenvalue weighted by Crippen LogP contribution is -1.98. The van der Waals surface area contributed by atoms with E-state index in [1.54, 1.807) is 25.1 Å². The Morgan fingerprint density at radius 3 is 2.55 bits per heavy atom. The van der Waals surface area contributed by atoms with Crippen LogP contribution in [0.5, 0.6) is 0 Å². The molecule has 5 heteroatoms. The van der Waals surface area contributed by atoms with E-state index in [-0.39, 0.29) is 11.6 Å². The summed E-state index contributed by atoms with van der Waals surface area (Å²) in [6.45, 7) is 1.67. The zero-order valence-corrected chi connectivity index (χ0v) is 10.7. The minimum Gasteiger partial charge on any atom is -0.383 e.